The quantitative estimate of drug-likeness (QED) is 0.846. The molecule has 2 nitrogen and oxygen atoms in total. The molecule has 2 aromatic rings. The first-order chi connectivity index (χ1) is 9.65. The summed E-state index contributed by atoms with van der Waals surface area (Å²) in [6, 6.07) is 14.2. The Bertz CT molecular complexity index is 634. The second-order valence-corrected chi connectivity index (χ2v) is 4.56. The average molecular weight is 269 g/mol. The van der Waals surface area contributed by atoms with Crippen LogP contribution in [0.15, 0.2) is 54.6 Å². The highest BCUT2D eigenvalue weighted by molar-refractivity contribution is 5.91. The molecule has 2 aromatic carbocycles. The van der Waals surface area contributed by atoms with Crippen LogP contribution < -0.4 is 5.32 Å². The number of carbonyl (C=O) groups excluding carboxylic acids is 1. The van der Waals surface area contributed by atoms with Gasteiger partial charge in [0, 0.05) is 18.2 Å². The molecule has 0 aliphatic heterocycles. The van der Waals surface area contributed by atoms with E-state index in [9.17, 15) is 9.18 Å². The molecule has 0 heterocycles. The summed E-state index contributed by atoms with van der Waals surface area (Å²) in [7, 11) is 0. The van der Waals surface area contributed by atoms with E-state index in [1.54, 1.807) is 24.3 Å². The summed E-state index contributed by atoms with van der Waals surface area (Å²) in [5, 5.41) is 2.66. The highest BCUT2D eigenvalue weighted by Crippen LogP contribution is 2.07. The number of hydrogen-bond acceptors (Lipinski definition) is 1. The maximum Gasteiger partial charge on any atom is 0.244 e. The summed E-state index contributed by atoms with van der Waals surface area (Å²) in [4.78, 5) is 11.7. The van der Waals surface area contributed by atoms with Gasteiger partial charge < -0.3 is 5.32 Å². The largest absolute Gasteiger partial charge is 0.348 e. The van der Waals surface area contributed by atoms with Crippen molar-refractivity contribution in [2.45, 2.75) is 13.5 Å². The van der Waals surface area contributed by atoms with E-state index in [0.717, 1.165) is 11.1 Å². The number of aryl methyl sites for hydroxylation is 1. The van der Waals surface area contributed by atoms with Crippen molar-refractivity contribution in [1.82, 2.24) is 5.32 Å². The predicted octanol–water partition coefficient (Wildman–Crippen LogP) is 3.46. The minimum Gasteiger partial charge on any atom is -0.348 e. The summed E-state index contributed by atoms with van der Waals surface area (Å²) in [6.07, 6.45) is 3.19. The fraction of sp³-hybridized carbons (Fsp3) is 0.118. The standard InChI is InChI=1S/C17H16FNO/c1-13-5-4-6-14(11-13)9-10-17(20)19-12-15-7-2-3-8-16(15)18/h2-11H,12H2,1H3,(H,19,20)/b10-9+. The molecule has 102 valence electrons. The Morgan fingerprint density at radius 1 is 1.20 bits per heavy atom. The number of halogens is 1. The second kappa shape index (κ2) is 6.66. The molecule has 1 N–H and O–H groups in total. The first-order valence-corrected chi connectivity index (χ1v) is 6.41. The number of amides is 1. The van der Waals surface area contributed by atoms with E-state index in [1.165, 1.54) is 12.1 Å². The van der Waals surface area contributed by atoms with E-state index < -0.39 is 0 Å². The number of benzene rings is 2. The van der Waals surface area contributed by atoms with Crippen molar-refractivity contribution in [2.75, 3.05) is 0 Å². The van der Waals surface area contributed by atoms with E-state index in [1.807, 2.05) is 31.2 Å². The van der Waals surface area contributed by atoms with Crippen molar-refractivity contribution in [2.24, 2.45) is 0 Å². The Hall–Kier alpha value is -2.42. The fourth-order valence-electron chi connectivity index (χ4n) is 1.83. The van der Waals surface area contributed by atoms with Gasteiger partial charge in [-0.25, -0.2) is 4.39 Å². The summed E-state index contributed by atoms with van der Waals surface area (Å²) >= 11 is 0. The zero-order valence-corrected chi connectivity index (χ0v) is 11.3. The molecule has 2 rings (SSSR count). The lowest BCUT2D eigenvalue weighted by atomic mass is 10.1. The van der Waals surface area contributed by atoms with Gasteiger partial charge in [0.25, 0.3) is 0 Å². The lowest BCUT2D eigenvalue weighted by Crippen LogP contribution is -2.20. The molecular weight excluding hydrogens is 253 g/mol. The average Bonchev–Trinajstić information content (AvgIpc) is 2.44. The molecule has 3 heteroatoms. The van der Waals surface area contributed by atoms with Crippen molar-refractivity contribution >= 4 is 12.0 Å². The number of rotatable bonds is 4. The highest BCUT2D eigenvalue weighted by Gasteiger charge is 2.01. The molecule has 0 saturated heterocycles. The third-order valence-electron chi connectivity index (χ3n) is 2.88. The van der Waals surface area contributed by atoms with Gasteiger partial charge in [0.2, 0.25) is 5.91 Å². The molecule has 0 aromatic heterocycles. The first-order valence-electron chi connectivity index (χ1n) is 6.41. The van der Waals surface area contributed by atoms with Crippen LogP contribution >= 0.6 is 0 Å². The van der Waals surface area contributed by atoms with Gasteiger partial charge in [-0.15, -0.1) is 0 Å². The van der Waals surface area contributed by atoms with E-state index in [4.69, 9.17) is 0 Å². The summed E-state index contributed by atoms with van der Waals surface area (Å²) < 4.78 is 13.4. The van der Waals surface area contributed by atoms with Gasteiger partial charge in [-0.3, -0.25) is 4.79 Å². The van der Waals surface area contributed by atoms with Gasteiger partial charge in [0.05, 0.1) is 0 Å². The molecule has 0 aliphatic rings. The fourth-order valence-corrected chi connectivity index (χ4v) is 1.83. The Morgan fingerprint density at radius 3 is 2.75 bits per heavy atom. The Kier molecular flexibility index (Phi) is 4.66. The predicted molar refractivity (Wildman–Crippen MR) is 78.5 cm³/mol. The molecule has 0 spiro atoms. The minimum absolute atomic E-state index is 0.184. The zero-order chi connectivity index (χ0) is 14.4. The summed E-state index contributed by atoms with van der Waals surface area (Å²) in [5.41, 5.74) is 2.58. The van der Waals surface area contributed by atoms with E-state index >= 15 is 0 Å². The van der Waals surface area contributed by atoms with Gasteiger partial charge in [0.1, 0.15) is 5.82 Å². The van der Waals surface area contributed by atoms with Crippen LogP contribution in [-0.4, -0.2) is 5.91 Å². The van der Waals surface area contributed by atoms with Gasteiger partial charge >= 0.3 is 0 Å². The smallest absolute Gasteiger partial charge is 0.244 e. The Morgan fingerprint density at radius 2 is 2.00 bits per heavy atom. The topological polar surface area (TPSA) is 29.1 Å². The molecule has 0 fully saturated rings. The molecule has 0 unspecified atom stereocenters. The van der Waals surface area contributed by atoms with E-state index in [-0.39, 0.29) is 18.3 Å². The molecule has 0 radical (unpaired) electrons. The lowest BCUT2D eigenvalue weighted by Gasteiger charge is -2.03. The van der Waals surface area contributed by atoms with Crippen molar-refractivity contribution in [3.05, 3.63) is 77.1 Å². The molecule has 20 heavy (non-hydrogen) atoms. The van der Waals surface area contributed by atoms with E-state index in [0.29, 0.717) is 5.56 Å². The molecule has 0 aliphatic carbocycles. The van der Waals surface area contributed by atoms with Gasteiger partial charge in [-0.1, -0.05) is 48.0 Å². The van der Waals surface area contributed by atoms with Crippen LogP contribution in [0, 0.1) is 12.7 Å². The van der Waals surface area contributed by atoms with Crippen LogP contribution in [0.2, 0.25) is 0 Å². The minimum atomic E-state index is -0.310. The summed E-state index contributed by atoms with van der Waals surface area (Å²) in [6.45, 7) is 2.18. The van der Waals surface area contributed by atoms with Gasteiger partial charge in [0.15, 0.2) is 0 Å². The normalized spacial score (nSPS) is 10.7. The van der Waals surface area contributed by atoms with Crippen molar-refractivity contribution in [3.8, 4) is 0 Å². The highest BCUT2D eigenvalue weighted by atomic mass is 19.1. The van der Waals surface area contributed by atoms with E-state index in [2.05, 4.69) is 5.32 Å². The SMILES string of the molecule is Cc1cccc(/C=C/C(=O)NCc2ccccc2F)c1. The van der Waals surface area contributed by atoms with Gasteiger partial charge in [-0.2, -0.15) is 0 Å². The van der Waals surface area contributed by atoms with Crippen molar-refractivity contribution in [1.29, 1.82) is 0 Å². The van der Waals surface area contributed by atoms with Crippen molar-refractivity contribution < 1.29 is 9.18 Å². The monoisotopic (exact) mass is 269 g/mol. The van der Waals surface area contributed by atoms with Crippen LogP contribution in [-0.2, 0) is 11.3 Å². The number of nitrogens with one attached hydrogen (secondary N) is 1. The first kappa shape index (κ1) is 14.0. The third kappa shape index (κ3) is 4.05. The summed E-state index contributed by atoms with van der Waals surface area (Å²) in [5.74, 6) is -0.551. The zero-order valence-electron chi connectivity index (χ0n) is 11.3. The van der Waals surface area contributed by atoms with Crippen LogP contribution in [0.25, 0.3) is 6.08 Å². The molecule has 1 amide bonds. The Balaban J connectivity index is 1.91. The maximum absolute atomic E-state index is 13.4. The van der Waals surface area contributed by atoms with Crippen molar-refractivity contribution in [3.63, 3.8) is 0 Å². The van der Waals surface area contributed by atoms with Crippen LogP contribution in [0.1, 0.15) is 16.7 Å². The van der Waals surface area contributed by atoms with Crippen LogP contribution in [0.5, 0.6) is 0 Å². The molecule has 0 saturated carbocycles. The maximum atomic E-state index is 13.4. The molecular formula is C17H16FNO. The third-order valence-corrected chi connectivity index (χ3v) is 2.88. The van der Waals surface area contributed by atoms with Gasteiger partial charge in [-0.05, 0) is 24.6 Å². The Labute approximate surface area is 118 Å². The number of carbonyl (C=O) groups is 1. The number of hydrogen-bond donors (Lipinski definition) is 1. The molecule has 0 bridgehead atoms. The molecule has 0 atom stereocenters. The van der Waals surface area contributed by atoms with Crippen LogP contribution in [0.4, 0.5) is 4.39 Å². The second-order valence-electron chi connectivity index (χ2n) is 4.56. The van der Waals surface area contributed by atoms with Crippen LogP contribution in [0.3, 0.4) is 0 Å². The lowest BCUT2D eigenvalue weighted by molar-refractivity contribution is -0.116.